The third-order valence-corrected chi connectivity index (χ3v) is 4.77. The van der Waals surface area contributed by atoms with Crippen LogP contribution in [0, 0.1) is 0 Å². The van der Waals surface area contributed by atoms with E-state index in [1.807, 2.05) is 30.6 Å². The Morgan fingerprint density at radius 2 is 2.04 bits per heavy atom. The van der Waals surface area contributed by atoms with E-state index in [4.69, 9.17) is 0 Å². The minimum absolute atomic E-state index is 0.331. The molecule has 1 N–H and O–H groups in total. The molecule has 0 radical (unpaired) electrons. The summed E-state index contributed by atoms with van der Waals surface area (Å²) < 4.78 is 2.11. The average Bonchev–Trinajstić information content (AvgIpc) is 3.17. The van der Waals surface area contributed by atoms with Gasteiger partial charge in [-0.05, 0) is 29.7 Å². The summed E-state index contributed by atoms with van der Waals surface area (Å²) in [5, 5.41) is 9.98. The van der Waals surface area contributed by atoms with Crippen molar-refractivity contribution in [3.05, 3.63) is 77.4 Å². The molecule has 0 bridgehead atoms. The van der Waals surface area contributed by atoms with Crippen molar-refractivity contribution in [2.24, 2.45) is 0 Å². The predicted octanol–water partition coefficient (Wildman–Crippen LogP) is 3.22. The van der Waals surface area contributed by atoms with Gasteiger partial charge in [-0.15, -0.1) is 0 Å². The van der Waals surface area contributed by atoms with Gasteiger partial charge >= 0.3 is 0 Å². The number of fused-ring (bicyclic) bond motifs is 1. The van der Waals surface area contributed by atoms with Crippen LogP contribution in [0.15, 0.2) is 54.9 Å². The van der Waals surface area contributed by atoms with Crippen LogP contribution in [-0.2, 0) is 19.4 Å². The van der Waals surface area contributed by atoms with Crippen LogP contribution in [0.1, 0.15) is 22.5 Å². The van der Waals surface area contributed by atoms with E-state index in [1.54, 1.807) is 6.07 Å². The van der Waals surface area contributed by atoms with Crippen LogP contribution in [0.5, 0.6) is 5.75 Å². The molecule has 0 atom stereocenters. The highest BCUT2D eigenvalue weighted by Crippen LogP contribution is 2.28. The van der Waals surface area contributed by atoms with Crippen LogP contribution in [0.2, 0.25) is 0 Å². The molecule has 2 heterocycles. The largest absolute Gasteiger partial charge is 0.508 e. The molecular weight excluding hydrogens is 298 g/mol. The van der Waals surface area contributed by atoms with E-state index >= 15 is 0 Å². The summed E-state index contributed by atoms with van der Waals surface area (Å²) in [6.45, 7) is 1.73. The maximum Gasteiger partial charge on any atom is 0.120 e. The fraction of sp³-hybridized carbons (Fsp3) is 0.250. The number of anilines is 1. The molecule has 1 aliphatic heterocycles. The molecule has 0 aliphatic carbocycles. The molecule has 4 rings (SSSR count). The van der Waals surface area contributed by atoms with Gasteiger partial charge in [0.25, 0.3) is 0 Å². The molecule has 0 unspecified atom stereocenters. The molecule has 2 aromatic carbocycles. The Balaban J connectivity index is 1.56. The molecule has 0 fully saturated rings. The van der Waals surface area contributed by atoms with Crippen molar-refractivity contribution < 1.29 is 5.11 Å². The minimum Gasteiger partial charge on any atom is -0.508 e. The normalized spacial score (nSPS) is 13.3. The van der Waals surface area contributed by atoms with Gasteiger partial charge < -0.3 is 14.6 Å². The second kappa shape index (κ2) is 6.04. The number of hydrogen-bond donors (Lipinski definition) is 1. The number of aromatic hydroxyl groups is 1. The molecule has 4 heteroatoms. The van der Waals surface area contributed by atoms with Crippen LogP contribution >= 0.6 is 0 Å². The second-order valence-electron chi connectivity index (χ2n) is 6.41. The van der Waals surface area contributed by atoms with Gasteiger partial charge in [0.1, 0.15) is 11.6 Å². The van der Waals surface area contributed by atoms with E-state index in [0.717, 1.165) is 30.8 Å². The highest BCUT2D eigenvalue weighted by molar-refractivity contribution is 5.58. The Hall–Kier alpha value is -2.75. The molecule has 1 aromatic heterocycles. The van der Waals surface area contributed by atoms with Crippen LogP contribution < -0.4 is 4.90 Å². The number of rotatable bonds is 4. The third-order valence-electron chi connectivity index (χ3n) is 4.77. The number of imidazole rings is 1. The van der Waals surface area contributed by atoms with Crippen molar-refractivity contribution in [3.63, 3.8) is 0 Å². The molecule has 24 heavy (non-hydrogen) atoms. The summed E-state index contributed by atoms with van der Waals surface area (Å²) in [5.41, 5.74) is 4.96. The van der Waals surface area contributed by atoms with Crippen molar-refractivity contribution in [2.75, 3.05) is 18.5 Å². The standard InChI is InChI=1S/C20H21N3O/c1-22-10-8-16-12-15(6-7-18(16)22)13-20-21-9-11-23(20)14-17-4-2-3-5-19(17)24/h2-7,9,11-12,24H,8,10,13-14H2,1H3. The van der Waals surface area contributed by atoms with Gasteiger partial charge in [0.15, 0.2) is 0 Å². The van der Waals surface area contributed by atoms with Gasteiger partial charge in [0, 0.05) is 43.7 Å². The average molecular weight is 319 g/mol. The summed E-state index contributed by atoms with van der Waals surface area (Å²) in [7, 11) is 2.14. The first-order chi connectivity index (χ1) is 11.7. The maximum absolute atomic E-state index is 9.98. The molecular formula is C20H21N3O. The van der Waals surface area contributed by atoms with Gasteiger partial charge in [-0.3, -0.25) is 0 Å². The number of nitrogens with zero attached hydrogens (tertiary/aromatic N) is 3. The summed E-state index contributed by atoms with van der Waals surface area (Å²) >= 11 is 0. The lowest BCUT2D eigenvalue weighted by molar-refractivity contribution is 0.465. The lowest BCUT2D eigenvalue weighted by Gasteiger charge is -2.13. The van der Waals surface area contributed by atoms with Crippen molar-refractivity contribution in [1.82, 2.24) is 9.55 Å². The topological polar surface area (TPSA) is 41.3 Å². The molecule has 0 amide bonds. The number of aromatic nitrogens is 2. The van der Waals surface area contributed by atoms with Gasteiger partial charge in [0.05, 0.1) is 6.54 Å². The lowest BCUT2D eigenvalue weighted by Crippen LogP contribution is -2.12. The Kier molecular flexibility index (Phi) is 3.73. The zero-order valence-corrected chi connectivity index (χ0v) is 13.8. The van der Waals surface area contributed by atoms with E-state index in [0.29, 0.717) is 12.3 Å². The number of benzene rings is 2. The van der Waals surface area contributed by atoms with Crippen molar-refractivity contribution in [3.8, 4) is 5.75 Å². The zero-order chi connectivity index (χ0) is 16.5. The Bertz CT molecular complexity index is 869. The smallest absolute Gasteiger partial charge is 0.120 e. The van der Waals surface area contributed by atoms with Crippen molar-refractivity contribution in [2.45, 2.75) is 19.4 Å². The maximum atomic E-state index is 9.98. The monoisotopic (exact) mass is 319 g/mol. The molecule has 1 aliphatic rings. The summed E-state index contributed by atoms with van der Waals surface area (Å²) in [5.74, 6) is 1.35. The zero-order valence-electron chi connectivity index (χ0n) is 13.8. The Morgan fingerprint density at radius 3 is 2.92 bits per heavy atom. The van der Waals surface area contributed by atoms with E-state index in [2.05, 4.69) is 39.7 Å². The van der Waals surface area contributed by atoms with E-state index in [1.165, 1.54) is 16.8 Å². The Morgan fingerprint density at radius 1 is 1.17 bits per heavy atom. The molecule has 0 saturated heterocycles. The number of hydrogen-bond acceptors (Lipinski definition) is 3. The van der Waals surface area contributed by atoms with Gasteiger partial charge in [-0.2, -0.15) is 0 Å². The third kappa shape index (κ3) is 2.75. The Labute approximate surface area is 142 Å². The first kappa shape index (κ1) is 14.8. The minimum atomic E-state index is 0.331. The van der Waals surface area contributed by atoms with Crippen LogP contribution in [0.25, 0.3) is 0 Å². The quantitative estimate of drug-likeness (QED) is 0.803. The van der Waals surface area contributed by atoms with E-state index in [-0.39, 0.29) is 0 Å². The number of phenols is 1. The number of para-hydroxylation sites is 1. The second-order valence-corrected chi connectivity index (χ2v) is 6.41. The number of likely N-dealkylation sites (N-methyl/N-ethyl adjacent to an activating group) is 1. The molecule has 0 saturated carbocycles. The first-order valence-electron chi connectivity index (χ1n) is 8.30. The molecule has 0 spiro atoms. The van der Waals surface area contributed by atoms with Gasteiger partial charge in [0.2, 0.25) is 0 Å². The molecule has 122 valence electrons. The van der Waals surface area contributed by atoms with Crippen molar-refractivity contribution >= 4 is 5.69 Å². The molecule has 3 aromatic rings. The van der Waals surface area contributed by atoms with Gasteiger partial charge in [-0.25, -0.2) is 4.98 Å². The van der Waals surface area contributed by atoms with Gasteiger partial charge in [-0.1, -0.05) is 30.3 Å². The van der Waals surface area contributed by atoms with E-state index < -0.39 is 0 Å². The highest BCUT2D eigenvalue weighted by atomic mass is 16.3. The predicted molar refractivity (Wildman–Crippen MR) is 95.7 cm³/mol. The van der Waals surface area contributed by atoms with Crippen LogP contribution in [0.3, 0.4) is 0 Å². The fourth-order valence-corrected chi connectivity index (χ4v) is 3.39. The summed E-state index contributed by atoms with van der Waals surface area (Å²) in [6, 6.07) is 14.2. The van der Waals surface area contributed by atoms with E-state index in [9.17, 15) is 5.11 Å². The summed E-state index contributed by atoms with van der Waals surface area (Å²) in [4.78, 5) is 6.82. The molecule has 4 nitrogen and oxygen atoms in total. The van der Waals surface area contributed by atoms with Crippen molar-refractivity contribution in [1.29, 1.82) is 0 Å². The highest BCUT2D eigenvalue weighted by Gasteiger charge is 2.16. The SMILES string of the molecule is CN1CCc2cc(Cc3nccn3Cc3ccccc3O)ccc21. The van der Waals surface area contributed by atoms with Crippen LogP contribution in [-0.4, -0.2) is 28.3 Å². The summed E-state index contributed by atoms with van der Waals surface area (Å²) in [6.07, 6.45) is 5.73. The fourth-order valence-electron chi connectivity index (χ4n) is 3.39. The lowest BCUT2D eigenvalue weighted by atomic mass is 10.1. The first-order valence-corrected chi connectivity index (χ1v) is 8.30. The number of phenolic OH excluding ortho intramolecular Hbond substituents is 1. The van der Waals surface area contributed by atoms with Crippen LogP contribution in [0.4, 0.5) is 5.69 Å².